The van der Waals surface area contributed by atoms with Crippen LogP contribution in [-0.4, -0.2) is 7.11 Å². The maximum Gasteiger partial charge on any atom is 0.134 e. The smallest absolute Gasteiger partial charge is 0.134 e. The van der Waals surface area contributed by atoms with E-state index in [0.717, 1.165) is 12.1 Å². The molecule has 0 radical (unpaired) electrons. The van der Waals surface area contributed by atoms with Crippen molar-refractivity contribution in [2.24, 2.45) is 5.73 Å². The van der Waals surface area contributed by atoms with E-state index in [2.05, 4.69) is 0 Å². The minimum atomic E-state index is -1.04. The highest BCUT2D eigenvalue weighted by Crippen LogP contribution is 2.32. The fraction of sp³-hybridized carbons (Fsp3) is 0.143. The Morgan fingerprint density at radius 3 is 2.20 bits per heavy atom. The number of ether oxygens (including phenoxy) is 1. The van der Waals surface area contributed by atoms with Gasteiger partial charge >= 0.3 is 0 Å². The highest BCUT2D eigenvalue weighted by molar-refractivity contribution is 6.35. The van der Waals surface area contributed by atoms with Crippen LogP contribution in [0.15, 0.2) is 30.3 Å². The molecule has 0 fully saturated rings. The third-order valence-electron chi connectivity index (χ3n) is 2.90. The summed E-state index contributed by atoms with van der Waals surface area (Å²) < 4.78 is 32.7. The van der Waals surface area contributed by atoms with Crippen LogP contribution in [0.4, 0.5) is 8.78 Å². The number of methoxy groups -OCH3 is 1. The molecule has 0 aliphatic carbocycles. The average molecular weight is 318 g/mol. The van der Waals surface area contributed by atoms with Gasteiger partial charge in [-0.05, 0) is 17.7 Å². The Bertz CT molecular complexity index is 626. The Kier molecular flexibility index (Phi) is 4.48. The number of halogens is 4. The molecule has 1 unspecified atom stereocenters. The lowest BCUT2D eigenvalue weighted by Gasteiger charge is -2.16. The molecule has 0 saturated carbocycles. The van der Waals surface area contributed by atoms with Gasteiger partial charge in [-0.3, -0.25) is 0 Å². The molecule has 1 atom stereocenters. The first-order chi connectivity index (χ1) is 9.43. The zero-order valence-corrected chi connectivity index (χ0v) is 12.0. The van der Waals surface area contributed by atoms with Crippen LogP contribution in [0.25, 0.3) is 0 Å². The van der Waals surface area contributed by atoms with Crippen molar-refractivity contribution in [2.45, 2.75) is 6.04 Å². The van der Waals surface area contributed by atoms with Crippen LogP contribution in [0, 0.1) is 11.6 Å². The lowest BCUT2D eigenvalue weighted by molar-refractivity contribution is 0.404. The zero-order chi connectivity index (χ0) is 14.9. The van der Waals surface area contributed by atoms with Crippen LogP contribution in [-0.2, 0) is 0 Å². The minimum absolute atomic E-state index is 0.0816. The summed E-state index contributed by atoms with van der Waals surface area (Å²) in [5.41, 5.74) is 6.03. The summed E-state index contributed by atoms with van der Waals surface area (Å²) in [6.07, 6.45) is 0. The van der Waals surface area contributed by atoms with E-state index in [1.807, 2.05) is 0 Å². The summed E-state index contributed by atoms with van der Waals surface area (Å²) in [5.74, 6) is -1.50. The maximum atomic E-state index is 14.0. The molecule has 0 aromatic heterocycles. The highest BCUT2D eigenvalue weighted by Gasteiger charge is 2.21. The van der Waals surface area contributed by atoms with Gasteiger partial charge in [0, 0.05) is 27.7 Å². The van der Waals surface area contributed by atoms with Gasteiger partial charge < -0.3 is 10.5 Å². The first-order valence-corrected chi connectivity index (χ1v) is 6.43. The van der Waals surface area contributed by atoms with Crippen molar-refractivity contribution in [3.8, 4) is 5.75 Å². The number of nitrogens with two attached hydrogens (primary N) is 1. The van der Waals surface area contributed by atoms with Crippen LogP contribution in [0.2, 0.25) is 10.0 Å². The fourth-order valence-electron chi connectivity index (χ4n) is 1.89. The molecule has 2 aromatic carbocycles. The van der Waals surface area contributed by atoms with Crippen molar-refractivity contribution in [3.05, 3.63) is 63.1 Å². The second-order valence-electron chi connectivity index (χ2n) is 4.15. The second kappa shape index (κ2) is 5.95. The number of hydrogen-bond donors (Lipinski definition) is 1. The minimum Gasteiger partial charge on any atom is -0.497 e. The van der Waals surface area contributed by atoms with Gasteiger partial charge in [-0.25, -0.2) is 8.78 Å². The molecular formula is C14H11Cl2F2NO. The van der Waals surface area contributed by atoms with E-state index >= 15 is 0 Å². The van der Waals surface area contributed by atoms with Crippen molar-refractivity contribution >= 4 is 23.2 Å². The Labute approximate surface area is 125 Å². The Balaban J connectivity index is 2.50. The van der Waals surface area contributed by atoms with E-state index < -0.39 is 17.7 Å². The number of benzene rings is 2. The van der Waals surface area contributed by atoms with Gasteiger partial charge in [0.15, 0.2) is 0 Å². The first-order valence-electron chi connectivity index (χ1n) is 5.67. The Morgan fingerprint density at radius 2 is 1.70 bits per heavy atom. The van der Waals surface area contributed by atoms with Crippen LogP contribution < -0.4 is 10.5 Å². The summed E-state index contributed by atoms with van der Waals surface area (Å²) in [6.45, 7) is 0. The quantitative estimate of drug-likeness (QED) is 0.914. The molecule has 2 nitrogen and oxygen atoms in total. The third kappa shape index (κ3) is 2.87. The van der Waals surface area contributed by atoms with E-state index in [9.17, 15) is 8.78 Å². The van der Waals surface area contributed by atoms with Crippen LogP contribution in [0.1, 0.15) is 17.2 Å². The highest BCUT2D eigenvalue weighted by atomic mass is 35.5. The first kappa shape index (κ1) is 15.0. The molecule has 0 saturated heterocycles. The average Bonchev–Trinajstić information content (AvgIpc) is 2.37. The SMILES string of the molecule is COc1cc(F)c(C(N)c2ccc(Cl)cc2Cl)c(F)c1. The molecule has 0 heterocycles. The lowest BCUT2D eigenvalue weighted by atomic mass is 9.98. The molecule has 0 aliphatic rings. The molecule has 0 bridgehead atoms. The van der Waals surface area contributed by atoms with Gasteiger partial charge in [0.2, 0.25) is 0 Å². The molecular weight excluding hydrogens is 307 g/mol. The standard InChI is InChI=1S/C14H11Cl2F2NO/c1-20-8-5-11(17)13(12(18)6-8)14(19)9-3-2-7(15)4-10(9)16/h2-6,14H,19H2,1H3. The number of rotatable bonds is 3. The predicted molar refractivity (Wildman–Crippen MR) is 75.4 cm³/mol. The van der Waals surface area contributed by atoms with Crippen molar-refractivity contribution in [2.75, 3.05) is 7.11 Å². The van der Waals surface area contributed by atoms with Crippen molar-refractivity contribution in [3.63, 3.8) is 0 Å². The second-order valence-corrected chi connectivity index (χ2v) is 4.99. The van der Waals surface area contributed by atoms with Gasteiger partial charge in [0.05, 0.1) is 13.2 Å². The van der Waals surface area contributed by atoms with Gasteiger partial charge in [0.1, 0.15) is 17.4 Å². The third-order valence-corrected chi connectivity index (χ3v) is 3.46. The van der Waals surface area contributed by atoms with E-state index in [4.69, 9.17) is 33.7 Å². The topological polar surface area (TPSA) is 35.2 Å². The maximum absolute atomic E-state index is 14.0. The normalized spacial score (nSPS) is 12.3. The summed E-state index contributed by atoms with van der Waals surface area (Å²) in [5, 5.41) is 0.668. The zero-order valence-electron chi connectivity index (χ0n) is 10.5. The van der Waals surface area contributed by atoms with Crippen LogP contribution >= 0.6 is 23.2 Å². The molecule has 2 N–H and O–H groups in total. The van der Waals surface area contributed by atoms with Gasteiger partial charge in [-0.1, -0.05) is 29.3 Å². The van der Waals surface area contributed by atoms with Crippen molar-refractivity contribution < 1.29 is 13.5 Å². The van der Waals surface area contributed by atoms with E-state index in [-0.39, 0.29) is 16.3 Å². The van der Waals surface area contributed by atoms with E-state index in [1.54, 1.807) is 12.1 Å². The molecule has 2 aromatic rings. The van der Waals surface area contributed by atoms with E-state index in [1.165, 1.54) is 13.2 Å². The van der Waals surface area contributed by atoms with Crippen LogP contribution in [0.3, 0.4) is 0 Å². The van der Waals surface area contributed by atoms with Crippen molar-refractivity contribution in [1.29, 1.82) is 0 Å². The Morgan fingerprint density at radius 1 is 1.10 bits per heavy atom. The molecule has 0 spiro atoms. The molecule has 20 heavy (non-hydrogen) atoms. The molecule has 0 amide bonds. The monoisotopic (exact) mass is 317 g/mol. The number of hydrogen-bond acceptors (Lipinski definition) is 2. The predicted octanol–water partition coefficient (Wildman–Crippen LogP) is 4.33. The fourth-order valence-corrected chi connectivity index (χ4v) is 2.41. The Hall–Kier alpha value is -1.36. The summed E-state index contributed by atoms with van der Waals surface area (Å²) >= 11 is 11.8. The van der Waals surface area contributed by atoms with Crippen molar-refractivity contribution in [1.82, 2.24) is 0 Å². The van der Waals surface area contributed by atoms with Gasteiger partial charge in [-0.15, -0.1) is 0 Å². The van der Waals surface area contributed by atoms with E-state index in [0.29, 0.717) is 10.6 Å². The lowest BCUT2D eigenvalue weighted by Crippen LogP contribution is -2.16. The van der Waals surface area contributed by atoms with Crippen LogP contribution in [0.5, 0.6) is 5.75 Å². The molecule has 6 heteroatoms. The largest absolute Gasteiger partial charge is 0.497 e. The summed E-state index contributed by atoms with van der Waals surface area (Å²) in [7, 11) is 1.32. The summed E-state index contributed by atoms with van der Waals surface area (Å²) in [4.78, 5) is 0. The summed E-state index contributed by atoms with van der Waals surface area (Å²) in [6, 6.07) is 5.67. The molecule has 106 valence electrons. The molecule has 2 rings (SSSR count). The molecule has 0 aliphatic heterocycles. The van der Waals surface area contributed by atoms with Gasteiger partial charge in [0.25, 0.3) is 0 Å². The van der Waals surface area contributed by atoms with Gasteiger partial charge in [-0.2, -0.15) is 0 Å².